The van der Waals surface area contributed by atoms with Gasteiger partial charge in [0, 0.05) is 43.4 Å². The fraction of sp³-hybridized carbons (Fsp3) is 0.190. The molecule has 0 aliphatic carbocycles. The van der Waals surface area contributed by atoms with Crippen LogP contribution in [0.25, 0.3) is 11.3 Å². The Morgan fingerprint density at radius 1 is 0.821 bits per heavy atom. The largest absolute Gasteiger partial charge is 0.353 e. The number of amides is 1. The molecule has 0 bridgehead atoms. The topological polar surface area (TPSA) is 49.3 Å². The van der Waals surface area contributed by atoms with E-state index in [0.29, 0.717) is 31.7 Å². The van der Waals surface area contributed by atoms with E-state index < -0.39 is 0 Å². The zero-order chi connectivity index (χ0) is 19.5. The van der Waals surface area contributed by atoms with Crippen molar-refractivity contribution in [3.63, 3.8) is 0 Å². The molecule has 3 aromatic rings. The summed E-state index contributed by atoms with van der Waals surface area (Å²) >= 11 is 0. The van der Waals surface area contributed by atoms with Gasteiger partial charge in [-0.05, 0) is 48.5 Å². The van der Waals surface area contributed by atoms with Crippen LogP contribution in [0.4, 0.5) is 14.6 Å². The first-order valence-corrected chi connectivity index (χ1v) is 8.98. The first kappa shape index (κ1) is 18.0. The Hall–Kier alpha value is -3.35. The van der Waals surface area contributed by atoms with Gasteiger partial charge in [0.2, 0.25) is 0 Å². The van der Waals surface area contributed by atoms with Gasteiger partial charge >= 0.3 is 0 Å². The van der Waals surface area contributed by atoms with Crippen molar-refractivity contribution < 1.29 is 13.6 Å². The van der Waals surface area contributed by atoms with Gasteiger partial charge in [-0.3, -0.25) is 4.79 Å². The van der Waals surface area contributed by atoms with Gasteiger partial charge in [0.15, 0.2) is 0 Å². The van der Waals surface area contributed by atoms with Gasteiger partial charge < -0.3 is 9.80 Å². The second-order valence-corrected chi connectivity index (χ2v) is 6.55. The molecular weight excluding hydrogens is 362 g/mol. The van der Waals surface area contributed by atoms with Crippen molar-refractivity contribution >= 4 is 11.7 Å². The van der Waals surface area contributed by atoms with Crippen LogP contribution >= 0.6 is 0 Å². The van der Waals surface area contributed by atoms with E-state index in [9.17, 15) is 13.6 Å². The van der Waals surface area contributed by atoms with Crippen molar-refractivity contribution in [1.82, 2.24) is 14.9 Å². The molecule has 2 aromatic carbocycles. The molecule has 1 aliphatic rings. The Balaban J connectivity index is 1.44. The van der Waals surface area contributed by atoms with Gasteiger partial charge in [-0.15, -0.1) is 0 Å². The number of carbonyl (C=O) groups excluding carboxylic acids is 1. The maximum absolute atomic E-state index is 13.1. The molecule has 4 rings (SSSR count). The molecule has 5 nitrogen and oxygen atoms in total. The van der Waals surface area contributed by atoms with Crippen molar-refractivity contribution in [2.45, 2.75) is 0 Å². The van der Waals surface area contributed by atoms with Gasteiger partial charge in [0.1, 0.15) is 23.8 Å². The van der Waals surface area contributed by atoms with Crippen LogP contribution in [0.3, 0.4) is 0 Å². The predicted octanol–water partition coefficient (Wildman–Crippen LogP) is 3.38. The number of carbonyl (C=O) groups is 1. The molecule has 1 saturated heterocycles. The maximum Gasteiger partial charge on any atom is 0.253 e. The highest BCUT2D eigenvalue weighted by Crippen LogP contribution is 2.22. The fourth-order valence-electron chi connectivity index (χ4n) is 3.21. The van der Waals surface area contributed by atoms with E-state index in [4.69, 9.17) is 0 Å². The third-order valence-corrected chi connectivity index (χ3v) is 4.77. The second-order valence-electron chi connectivity index (χ2n) is 6.55. The van der Waals surface area contributed by atoms with Crippen molar-refractivity contribution in [3.8, 4) is 11.3 Å². The van der Waals surface area contributed by atoms with Crippen LogP contribution < -0.4 is 4.90 Å². The van der Waals surface area contributed by atoms with Crippen LogP contribution in [0.2, 0.25) is 0 Å². The molecule has 0 N–H and O–H groups in total. The average Bonchev–Trinajstić information content (AvgIpc) is 2.74. The molecule has 1 amide bonds. The van der Waals surface area contributed by atoms with E-state index in [1.54, 1.807) is 17.0 Å². The van der Waals surface area contributed by atoms with Gasteiger partial charge in [0.25, 0.3) is 5.91 Å². The molecule has 142 valence electrons. The minimum atomic E-state index is -0.359. The quantitative estimate of drug-likeness (QED) is 0.699. The monoisotopic (exact) mass is 380 g/mol. The Bertz CT molecular complexity index is 968. The molecule has 0 atom stereocenters. The lowest BCUT2D eigenvalue weighted by Crippen LogP contribution is -2.49. The van der Waals surface area contributed by atoms with Crippen LogP contribution in [0.15, 0.2) is 60.9 Å². The summed E-state index contributed by atoms with van der Waals surface area (Å²) in [5.74, 6) is 0.0135. The molecule has 0 spiro atoms. The SMILES string of the molecule is O=C(c1ccc(F)cc1)N1CCN(c2cc(-c3ccc(F)cc3)ncn2)CC1. The van der Waals surface area contributed by atoms with E-state index in [2.05, 4.69) is 14.9 Å². The predicted molar refractivity (Wildman–Crippen MR) is 102 cm³/mol. The van der Waals surface area contributed by atoms with E-state index in [0.717, 1.165) is 17.1 Å². The smallest absolute Gasteiger partial charge is 0.253 e. The van der Waals surface area contributed by atoms with Crippen LogP contribution in [-0.2, 0) is 0 Å². The third kappa shape index (κ3) is 3.83. The summed E-state index contributed by atoms with van der Waals surface area (Å²) < 4.78 is 26.2. The molecule has 0 radical (unpaired) electrons. The van der Waals surface area contributed by atoms with Crippen LogP contribution in [-0.4, -0.2) is 47.0 Å². The zero-order valence-electron chi connectivity index (χ0n) is 15.1. The first-order valence-electron chi connectivity index (χ1n) is 8.98. The Kier molecular flexibility index (Phi) is 4.97. The van der Waals surface area contributed by atoms with Gasteiger partial charge in [-0.25, -0.2) is 18.7 Å². The molecule has 1 fully saturated rings. The zero-order valence-corrected chi connectivity index (χ0v) is 15.1. The maximum atomic E-state index is 13.1. The summed E-state index contributed by atoms with van der Waals surface area (Å²) in [6.07, 6.45) is 1.49. The van der Waals surface area contributed by atoms with Gasteiger partial charge in [-0.1, -0.05) is 0 Å². The summed E-state index contributed by atoms with van der Waals surface area (Å²) in [7, 11) is 0. The minimum Gasteiger partial charge on any atom is -0.353 e. The number of nitrogens with zero attached hydrogens (tertiary/aromatic N) is 4. The van der Waals surface area contributed by atoms with Crippen molar-refractivity contribution in [3.05, 3.63) is 78.1 Å². The van der Waals surface area contributed by atoms with Crippen molar-refractivity contribution in [2.75, 3.05) is 31.1 Å². The molecule has 1 aliphatic heterocycles. The molecule has 2 heterocycles. The Morgan fingerprint density at radius 2 is 1.43 bits per heavy atom. The molecule has 7 heteroatoms. The van der Waals surface area contributed by atoms with Crippen molar-refractivity contribution in [1.29, 1.82) is 0 Å². The number of rotatable bonds is 3. The molecule has 28 heavy (non-hydrogen) atoms. The van der Waals surface area contributed by atoms with E-state index in [-0.39, 0.29) is 17.5 Å². The summed E-state index contributed by atoms with van der Waals surface area (Å²) in [6, 6.07) is 13.6. The number of anilines is 1. The molecule has 0 saturated carbocycles. The van der Waals surface area contributed by atoms with E-state index >= 15 is 0 Å². The lowest BCUT2D eigenvalue weighted by Gasteiger charge is -2.35. The number of aromatic nitrogens is 2. The molecule has 0 unspecified atom stereocenters. The highest BCUT2D eigenvalue weighted by Gasteiger charge is 2.23. The summed E-state index contributed by atoms with van der Waals surface area (Å²) in [4.78, 5) is 25.0. The van der Waals surface area contributed by atoms with E-state index in [1.165, 1.54) is 42.7 Å². The number of benzene rings is 2. The highest BCUT2D eigenvalue weighted by molar-refractivity contribution is 5.94. The first-order chi connectivity index (χ1) is 13.6. The molecule has 1 aromatic heterocycles. The van der Waals surface area contributed by atoms with Crippen LogP contribution in [0, 0.1) is 11.6 Å². The fourth-order valence-corrected chi connectivity index (χ4v) is 3.21. The summed E-state index contributed by atoms with van der Waals surface area (Å²) in [5.41, 5.74) is 2.01. The summed E-state index contributed by atoms with van der Waals surface area (Å²) in [5, 5.41) is 0. The van der Waals surface area contributed by atoms with Crippen LogP contribution in [0.5, 0.6) is 0 Å². The summed E-state index contributed by atoms with van der Waals surface area (Å²) in [6.45, 7) is 2.36. The third-order valence-electron chi connectivity index (χ3n) is 4.77. The minimum absolute atomic E-state index is 0.102. The standard InChI is InChI=1S/C21H18F2N4O/c22-17-5-1-15(2-6-17)19-13-20(25-14-24-19)26-9-11-27(12-10-26)21(28)16-3-7-18(23)8-4-16/h1-8,13-14H,9-12H2. The van der Waals surface area contributed by atoms with Crippen molar-refractivity contribution in [2.24, 2.45) is 0 Å². The number of hydrogen-bond acceptors (Lipinski definition) is 4. The normalized spacial score (nSPS) is 14.2. The van der Waals surface area contributed by atoms with Crippen LogP contribution in [0.1, 0.15) is 10.4 Å². The number of piperazine rings is 1. The number of halogens is 2. The lowest BCUT2D eigenvalue weighted by molar-refractivity contribution is 0.0746. The second kappa shape index (κ2) is 7.72. The highest BCUT2D eigenvalue weighted by atomic mass is 19.1. The lowest BCUT2D eigenvalue weighted by atomic mass is 10.1. The van der Waals surface area contributed by atoms with E-state index in [1.807, 2.05) is 6.07 Å². The Morgan fingerprint density at radius 3 is 2.07 bits per heavy atom. The Labute approximate surface area is 161 Å². The van der Waals surface area contributed by atoms with Gasteiger partial charge in [0.05, 0.1) is 5.69 Å². The molecular formula is C21H18F2N4O. The average molecular weight is 380 g/mol. The number of hydrogen-bond donors (Lipinski definition) is 0. The van der Waals surface area contributed by atoms with Gasteiger partial charge in [-0.2, -0.15) is 0 Å².